The summed E-state index contributed by atoms with van der Waals surface area (Å²) in [5.74, 6) is 0.392. The van der Waals surface area contributed by atoms with Gasteiger partial charge in [-0.1, -0.05) is 31.0 Å². The second kappa shape index (κ2) is 5.50. The van der Waals surface area contributed by atoms with Crippen molar-refractivity contribution in [3.63, 3.8) is 0 Å². The first-order chi connectivity index (χ1) is 9.58. The molecule has 0 heterocycles. The van der Waals surface area contributed by atoms with E-state index in [1.165, 1.54) is 36.0 Å². The largest absolute Gasteiger partial charge is 0.389 e. The third-order valence-electron chi connectivity index (χ3n) is 5.26. The Kier molecular flexibility index (Phi) is 3.87. The minimum absolute atomic E-state index is 0.392. The minimum Gasteiger partial charge on any atom is -0.389 e. The molecule has 2 nitrogen and oxygen atoms in total. The Morgan fingerprint density at radius 1 is 1.25 bits per heavy atom. The fraction of sp³-hybridized carbons (Fsp3) is 0.667. The van der Waals surface area contributed by atoms with Gasteiger partial charge in [0.05, 0.1) is 5.60 Å². The number of benzene rings is 1. The Hall–Kier alpha value is -0.860. The Morgan fingerprint density at radius 2 is 2.10 bits per heavy atom. The molecule has 1 N–H and O–H groups in total. The van der Waals surface area contributed by atoms with Crippen LogP contribution in [0.1, 0.15) is 54.7 Å². The molecule has 0 radical (unpaired) electrons. The zero-order valence-electron chi connectivity index (χ0n) is 12.9. The molecule has 0 amide bonds. The summed E-state index contributed by atoms with van der Waals surface area (Å²) in [7, 11) is 4.25. The monoisotopic (exact) mass is 273 g/mol. The zero-order chi connectivity index (χ0) is 14.2. The molecule has 20 heavy (non-hydrogen) atoms. The lowest BCUT2D eigenvalue weighted by Crippen LogP contribution is -2.42. The zero-order valence-corrected chi connectivity index (χ0v) is 12.9. The Labute approximate surface area is 122 Å². The molecule has 0 bridgehead atoms. The van der Waals surface area contributed by atoms with Gasteiger partial charge in [-0.2, -0.15) is 0 Å². The molecule has 0 aliphatic heterocycles. The van der Waals surface area contributed by atoms with E-state index in [2.05, 4.69) is 37.2 Å². The van der Waals surface area contributed by atoms with Crippen molar-refractivity contribution in [3.8, 4) is 0 Å². The van der Waals surface area contributed by atoms with E-state index >= 15 is 0 Å². The van der Waals surface area contributed by atoms with Crippen LogP contribution in [0.2, 0.25) is 0 Å². The van der Waals surface area contributed by atoms with Crippen molar-refractivity contribution < 1.29 is 5.11 Å². The molecule has 2 aliphatic carbocycles. The van der Waals surface area contributed by atoms with Crippen LogP contribution in [0, 0.1) is 0 Å². The average molecular weight is 273 g/mol. The number of nitrogens with zero attached hydrogens (tertiary/aromatic N) is 1. The summed E-state index contributed by atoms with van der Waals surface area (Å²) in [5, 5.41) is 10.9. The van der Waals surface area contributed by atoms with E-state index in [-0.39, 0.29) is 0 Å². The highest BCUT2D eigenvalue weighted by Gasteiger charge is 2.42. The molecule has 0 aromatic heterocycles. The average Bonchev–Trinajstić information content (AvgIpc) is 2.44. The molecule has 110 valence electrons. The van der Waals surface area contributed by atoms with E-state index in [0.717, 1.165) is 32.2 Å². The molecular formula is C18H27NO. The number of hydrogen-bond acceptors (Lipinski definition) is 2. The predicted molar refractivity (Wildman–Crippen MR) is 83.2 cm³/mol. The van der Waals surface area contributed by atoms with Crippen molar-refractivity contribution >= 4 is 0 Å². The smallest absolute Gasteiger partial charge is 0.0719 e. The first-order valence-corrected chi connectivity index (χ1v) is 8.07. The van der Waals surface area contributed by atoms with Gasteiger partial charge in [-0.05, 0) is 62.9 Å². The summed E-state index contributed by atoms with van der Waals surface area (Å²) in [6, 6.07) is 6.98. The number of rotatable bonds is 3. The lowest BCUT2D eigenvalue weighted by molar-refractivity contribution is -0.0300. The molecule has 1 saturated carbocycles. The lowest BCUT2D eigenvalue weighted by Gasteiger charge is -2.44. The first kappa shape index (κ1) is 14.1. The van der Waals surface area contributed by atoms with Crippen molar-refractivity contribution in [3.05, 3.63) is 34.9 Å². The van der Waals surface area contributed by atoms with Crippen LogP contribution in [-0.2, 0) is 12.8 Å². The highest BCUT2D eigenvalue weighted by atomic mass is 16.3. The van der Waals surface area contributed by atoms with Gasteiger partial charge >= 0.3 is 0 Å². The van der Waals surface area contributed by atoms with E-state index in [0.29, 0.717) is 5.92 Å². The van der Waals surface area contributed by atoms with E-state index in [4.69, 9.17) is 0 Å². The van der Waals surface area contributed by atoms with Gasteiger partial charge in [-0.15, -0.1) is 0 Å². The molecule has 2 atom stereocenters. The Bertz CT molecular complexity index is 482. The normalized spacial score (nSPS) is 29.1. The molecule has 3 rings (SSSR count). The van der Waals surface area contributed by atoms with E-state index in [1.54, 1.807) is 0 Å². The van der Waals surface area contributed by atoms with Gasteiger partial charge in [0.15, 0.2) is 0 Å². The molecule has 2 unspecified atom stereocenters. The SMILES string of the molecule is CN(C)CCc1ccc2c(c1)CCC1(O)CCCCC21. The van der Waals surface area contributed by atoms with E-state index in [9.17, 15) is 5.11 Å². The summed E-state index contributed by atoms with van der Waals surface area (Å²) in [5.41, 5.74) is 3.97. The van der Waals surface area contributed by atoms with E-state index < -0.39 is 5.60 Å². The summed E-state index contributed by atoms with van der Waals surface area (Å²) in [4.78, 5) is 2.24. The third-order valence-corrected chi connectivity index (χ3v) is 5.26. The predicted octanol–water partition coefficient (Wildman–Crippen LogP) is 3.13. The van der Waals surface area contributed by atoms with Crippen molar-refractivity contribution in [1.82, 2.24) is 4.90 Å². The maximum atomic E-state index is 10.9. The van der Waals surface area contributed by atoms with Crippen molar-refractivity contribution in [2.75, 3.05) is 20.6 Å². The molecule has 0 spiro atoms. The van der Waals surface area contributed by atoms with Gasteiger partial charge in [0, 0.05) is 12.5 Å². The van der Waals surface area contributed by atoms with Gasteiger partial charge in [0.2, 0.25) is 0 Å². The maximum Gasteiger partial charge on any atom is 0.0719 e. The number of hydrogen-bond donors (Lipinski definition) is 1. The van der Waals surface area contributed by atoms with Crippen LogP contribution in [-0.4, -0.2) is 36.2 Å². The van der Waals surface area contributed by atoms with Crippen molar-refractivity contribution in [2.24, 2.45) is 0 Å². The summed E-state index contributed by atoms with van der Waals surface area (Å²) >= 11 is 0. The highest BCUT2D eigenvalue weighted by Crippen LogP contribution is 2.47. The molecule has 0 saturated heterocycles. The molecule has 1 aromatic carbocycles. The Balaban J connectivity index is 1.83. The van der Waals surface area contributed by atoms with Crippen LogP contribution in [0.25, 0.3) is 0 Å². The molecule has 1 fully saturated rings. The van der Waals surface area contributed by atoms with Gasteiger partial charge in [0.1, 0.15) is 0 Å². The number of likely N-dealkylation sites (N-methyl/N-ethyl adjacent to an activating group) is 1. The van der Waals surface area contributed by atoms with Crippen molar-refractivity contribution in [1.29, 1.82) is 0 Å². The fourth-order valence-corrected chi connectivity index (χ4v) is 4.04. The maximum absolute atomic E-state index is 10.9. The number of aliphatic hydroxyl groups is 1. The summed E-state index contributed by atoms with van der Waals surface area (Å²) < 4.78 is 0. The summed E-state index contributed by atoms with van der Waals surface area (Å²) in [6.07, 6.45) is 7.77. The third kappa shape index (κ3) is 2.64. The molecule has 1 aromatic rings. The molecule has 2 aliphatic rings. The van der Waals surface area contributed by atoms with Gasteiger partial charge in [-0.25, -0.2) is 0 Å². The topological polar surface area (TPSA) is 23.5 Å². The number of aryl methyl sites for hydroxylation is 1. The second-order valence-electron chi connectivity index (χ2n) is 6.99. The lowest BCUT2D eigenvalue weighted by atomic mass is 9.65. The first-order valence-electron chi connectivity index (χ1n) is 8.07. The summed E-state index contributed by atoms with van der Waals surface area (Å²) in [6.45, 7) is 1.10. The van der Waals surface area contributed by atoms with Crippen LogP contribution in [0.15, 0.2) is 18.2 Å². The standard InChI is InChI=1S/C18H27NO/c1-19(2)12-9-14-6-7-16-15(13-14)8-11-18(20)10-4-3-5-17(16)18/h6-7,13,17,20H,3-5,8-12H2,1-2H3. The second-order valence-corrected chi connectivity index (χ2v) is 6.99. The van der Waals surface area contributed by atoms with Crippen LogP contribution >= 0.6 is 0 Å². The van der Waals surface area contributed by atoms with Crippen LogP contribution in [0.5, 0.6) is 0 Å². The van der Waals surface area contributed by atoms with Gasteiger partial charge in [-0.3, -0.25) is 0 Å². The Morgan fingerprint density at radius 3 is 2.90 bits per heavy atom. The quantitative estimate of drug-likeness (QED) is 0.914. The van der Waals surface area contributed by atoms with Crippen LogP contribution in [0.4, 0.5) is 0 Å². The van der Waals surface area contributed by atoms with Crippen LogP contribution in [0.3, 0.4) is 0 Å². The van der Waals surface area contributed by atoms with Gasteiger partial charge in [0.25, 0.3) is 0 Å². The van der Waals surface area contributed by atoms with E-state index in [1.807, 2.05) is 0 Å². The molecular weight excluding hydrogens is 246 g/mol. The minimum atomic E-state index is -0.406. The highest BCUT2D eigenvalue weighted by molar-refractivity contribution is 5.39. The molecule has 2 heteroatoms. The number of fused-ring (bicyclic) bond motifs is 3. The van der Waals surface area contributed by atoms with Crippen LogP contribution < -0.4 is 0 Å². The van der Waals surface area contributed by atoms with Crippen molar-refractivity contribution in [2.45, 2.75) is 56.5 Å². The fourth-order valence-electron chi connectivity index (χ4n) is 4.04. The van der Waals surface area contributed by atoms with Gasteiger partial charge < -0.3 is 10.0 Å².